The van der Waals surface area contributed by atoms with Crippen LogP contribution in [0.1, 0.15) is 31.9 Å². The number of carbonyl (C=O) groups is 1. The van der Waals surface area contributed by atoms with Crippen molar-refractivity contribution >= 4 is 21.8 Å². The molecule has 5 heteroatoms. The van der Waals surface area contributed by atoms with Crippen molar-refractivity contribution in [2.75, 3.05) is 6.54 Å². The maximum absolute atomic E-state index is 13.9. The van der Waals surface area contributed by atoms with Gasteiger partial charge in [-0.3, -0.25) is 4.79 Å². The van der Waals surface area contributed by atoms with Gasteiger partial charge in [0.1, 0.15) is 11.6 Å². The number of benzene rings is 2. The minimum atomic E-state index is -0.640. The van der Waals surface area contributed by atoms with Gasteiger partial charge in [0.05, 0.1) is 4.83 Å². The Labute approximate surface area is 129 Å². The molecule has 1 atom stereocenters. The highest BCUT2D eigenvalue weighted by atomic mass is 79.9. The minimum Gasteiger partial charge on any atom is -0.352 e. The zero-order valence-corrected chi connectivity index (χ0v) is 12.6. The number of carbonyl (C=O) groups excluding carboxylic acids is 1. The summed E-state index contributed by atoms with van der Waals surface area (Å²) >= 11 is 3.33. The highest BCUT2D eigenvalue weighted by Crippen LogP contribution is 2.35. The Bertz CT molecular complexity index is 697. The summed E-state index contributed by atoms with van der Waals surface area (Å²) in [7, 11) is 0. The summed E-state index contributed by atoms with van der Waals surface area (Å²) in [5, 5.41) is 2.76. The predicted octanol–water partition coefficient (Wildman–Crippen LogP) is 3.74. The van der Waals surface area contributed by atoms with Crippen molar-refractivity contribution in [2.45, 2.75) is 11.2 Å². The van der Waals surface area contributed by atoms with Crippen molar-refractivity contribution < 1.29 is 13.6 Å². The molecule has 1 heterocycles. The lowest BCUT2D eigenvalue weighted by molar-refractivity contribution is 0.0946. The molecular weight excluding hydrogens is 340 g/mol. The van der Waals surface area contributed by atoms with Gasteiger partial charge in [-0.2, -0.15) is 0 Å². The molecule has 0 saturated heterocycles. The van der Waals surface area contributed by atoms with Gasteiger partial charge in [0, 0.05) is 17.7 Å². The van der Waals surface area contributed by atoms with Crippen molar-refractivity contribution in [1.82, 2.24) is 5.32 Å². The lowest BCUT2D eigenvalue weighted by Gasteiger charge is -2.19. The largest absolute Gasteiger partial charge is 0.352 e. The van der Waals surface area contributed by atoms with Crippen LogP contribution in [0.5, 0.6) is 0 Å². The van der Waals surface area contributed by atoms with E-state index in [4.69, 9.17) is 0 Å². The monoisotopic (exact) mass is 351 g/mol. The van der Waals surface area contributed by atoms with Gasteiger partial charge in [0.25, 0.3) is 5.91 Å². The van der Waals surface area contributed by atoms with Gasteiger partial charge in [0.15, 0.2) is 0 Å². The number of amides is 1. The Morgan fingerprint density at radius 1 is 1.14 bits per heavy atom. The second-order valence-corrected chi connectivity index (χ2v) is 5.84. The average molecular weight is 352 g/mol. The van der Waals surface area contributed by atoms with Crippen LogP contribution in [0.2, 0.25) is 0 Å². The molecule has 0 bridgehead atoms. The molecule has 108 valence electrons. The Kier molecular flexibility index (Phi) is 3.76. The summed E-state index contributed by atoms with van der Waals surface area (Å²) in [6.07, 6.45) is 0.766. The number of rotatable bonds is 2. The molecule has 0 radical (unpaired) electrons. The minimum absolute atomic E-state index is 0.0475. The molecule has 0 saturated carbocycles. The number of fused-ring (bicyclic) bond motifs is 1. The molecule has 1 aliphatic rings. The summed E-state index contributed by atoms with van der Waals surface area (Å²) in [5.74, 6) is -1.37. The fraction of sp³-hybridized carbons (Fsp3) is 0.188. The molecule has 1 aliphatic heterocycles. The van der Waals surface area contributed by atoms with Gasteiger partial charge in [-0.15, -0.1) is 0 Å². The van der Waals surface area contributed by atoms with Gasteiger partial charge in [0.2, 0.25) is 0 Å². The standard InChI is InChI=1S/C16H12BrF2NO/c17-15(14-12(18)2-1-3-13(14)19)10-5-4-9-6-7-20-16(21)11(9)8-10/h1-5,8,15H,6-7H2,(H,20,21). The summed E-state index contributed by atoms with van der Waals surface area (Å²) in [5.41, 5.74) is 2.12. The highest BCUT2D eigenvalue weighted by Gasteiger charge is 2.22. The van der Waals surface area contributed by atoms with E-state index in [1.54, 1.807) is 12.1 Å². The maximum atomic E-state index is 13.9. The molecule has 1 N–H and O–H groups in total. The zero-order valence-electron chi connectivity index (χ0n) is 11.0. The molecule has 1 unspecified atom stereocenters. The van der Waals surface area contributed by atoms with E-state index in [9.17, 15) is 13.6 Å². The second kappa shape index (κ2) is 5.56. The maximum Gasteiger partial charge on any atom is 0.251 e. The smallest absolute Gasteiger partial charge is 0.251 e. The van der Waals surface area contributed by atoms with Crippen LogP contribution < -0.4 is 5.32 Å². The molecule has 2 nitrogen and oxygen atoms in total. The number of nitrogens with one attached hydrogen (secondary N) is 1. The molecule has 0 aliphatic carbocycles. The van der Waals surface area contributed by atoms with Crippen LogP contribution in [0.15, 0.2) is 36.4 Å². The number of alkyl halides is 1. The predicted molar refractivity (Wildman–Crippen MR) is 79.6 cm³/mol. The zero-order chi connectivity index (χ0) is 15.0. The molecular formula is C16H12BrF2NO. The van der Waals surface area contributed by atoms with Crippen molar-refractivity contribution in [1.29, 1.82) is 0 Å². The third-order valence-electron chi connectivity index (χ3n) is 3.60. The number of hydrogen-bond donors (Lipinski definition) is 1. The van der Waals surface area contributed by atoms with Crippen LogP contribution in [0, 0.1) is 11.6 Å². The summed E-state index contributed by atoms with van der Waals surface area (Å²) in [6.45, 7) is 0.616. The Balaban J connectivity index is 2.05. The van der Waals surface area contributed by atoms with Crippen molar-refractivity contribution in [3.8, 4) is 0 Å². The Morgan fingerprint density at radius 3 is 2.57 bits per heavy atom. The number of hydrogen-bond acceptors (Lipinski definition) is 1. The highest BCUT2D eigenvalue weighted by molar-refractivity contribution is 9.09. The van der Waals surface area contributed by atoms with E-state index in [1.165, 1.54) is 18.2 Å². The first-order valence-corrected chi connectivity index (χ1v) is 7.48. The van der Waals surface area contributed by atoms with Crippen molar-refractivity contribution in [2.24, 2.45) is 0 Å². The molecule has 3 rings (SSSR count). The molecule has 1 amide bonds. The lowest BCUT2D eigenvalue weighted by atomic mass is 9.95. The Morgan fingerprint density at radius 2 is 1.86 bits per heavy atom. The molecule has 0 aromatic heterocycles. The molecule has 0 fully saturated rings. The second-order valence-electron chi connectivity index (χ2n) is 4.92. The van der Waals surface area contributed by atoms with Crippen LogP contribution in [0.25, 0.3) is 0 Å². The summed E-state index contributed by atoms with van der Waals surface area (Å²) < 4.78 is 27.7. The van der Waals surface area contributed by atoms with E-state index < -0.39 is 16.5 Å². The van der Waals surface area contributed by atoms with Gasteiger partial charge in [-0.05, 0) is 35.7 Å². The third kappa shape index (κ3) is 2.58. The molecule has 0 spiro atoms. The van der Waals surface area contributed by atoms with Crippen molar-refractivity contribution in [3.05, 3.63) is 70.3 Å². The van der Waals surface area contributed by atoms with Crippen LogP contribution >= 0.6 is 15.9 Å². The molecule has 21 heavy (non-hydrogen) atoms. The van der Waals surface area contributed by atoms with E-state index in [1.807, 2.05) is 6.07 Å². The first kappa shape index (κ1) is 14.2. The van der Waals surface area contributed by atoms with Crippen LogP contribution in [0.3, 0.4) is 0 Å². The number of halogens is 3. The third-order valence-corrected chi connectivity index (χ3v) is 4.59. The molecule has 2 aromatic carbocycles. The van der Waals surface area contributed by atoms with E-state index >= 15 is 0 Å². The fourth-order valence-corrected chi connectivity index (χ4v) is 3.23. The van der Waals surface area contributed by atoms with Gasteiger partial charge in [-0.25, -0.2) is 8.78 Å². The van der Waals surface area contributed by atoms with Gasteiger partial charge in [-0.1, -0.05) is 34.1 Å². The lowest BCUT2D eigenvalue weighted by Crippen LogP contribution is -2.31. The first-order valence-electron chi connectivity index (χ1n) is 6.57. The van der Waals surface area contributed by atoms with Gasteiger partial charge < -0.3 is 5.32 Å². The summed E-state index contributed by atoms with van der Waals surface area (Å²) in [6, 6.07) is 9.10. The van der Waals surface area contributed by atoms with Crippen molar-refractivity contribution in [3.63, 3.8) is 0 Å². The normalized spacial score (nSPS) is 15.3. The van der Waals surface area contributed by atoms with Crippen LogP contribution in [-0.2, 0) is 6.42 Å². The van der Waals surface area contributed by atoms with Gasteiger partial charge >= 0.3 is 0 Å². The Hall–Kier alpha value is -1.75. The van der Waals surface area contributed by atoms with E-state index in [0.29, 0.717) is 17.7 Å². The van der Waals surface area contributed by atoms with E-state index in [0.717, 1.165) is 12.0 Å². The SMILES string of the molecule is O=C1NCCc2ccc(C(Br)c3c(F)cccc3F)cc21. The quantitative estimate of drug-likeness (QED) is 0.820. The topological polar surface area (TPSA) is 29.1 Å². The first-order chi connectivity index (χ1) is 10.1. The summed E-state index contributed by atoms with van der Waals surface area (Å²) in [4.78, 5) is 11.2. The van der Waals surface area contributed by atoms with E-state index in [2.05, 4.69) is 21.2 Å². The van der Waals surface area contributed by atoms with Crippen LogP contribution in [0.4, 0.5) is 8.78 Å². The van der Waals surface area contributed by atoms with E-state index in [-0.39, 0.29) is 11.5 Å². The fourth-order valence-electron chi connectivity index (χ4n) is 2.51. The average Bonchev–Trinajstić information content (AvgIpc) is 2.47. The van der Waals surface area contributed by atoms with Crippen LogP contribution in [-0.4, -0.2) is 12.5 Å². The molecule has 2 aromatic rings.